The molecule has 0 N–H and O–H groups in total. The highest BCUT2D eigenvalue weighted by Gasteiger charge is 2.07. The maximum atomic E-state index is 11.3. The molecule has 18 heavy (non-hydrogen) atoms. The molecule has 2 rings (SSSR count). The summed E-state index contributed by atoms with van der Waals surface area (Å²) in [6.07, 6.45) is 3.82. The first kappa shape index (κ1) is 12.0. The van der Waals surface area contributed by atoms with Gasteiger partial charge in [-0.15, -0.1) is 0 Å². The number of hydrogen-bond donors (Lipinski definition) is 0. The SMILES string of the molecule is COC(=O)c1cccc(Cn2cnc(C=O)c2)n1. The summed E-state index contributed by atoms with van der Waals surface area (Å²) in [5.74, 6) is -0.476. The number of esters is 1. The predicted octanol–water partition coefficient (Wildman–Crippen LogP) is 0.925. The highest BCUT2D eigenvalue weighted by molar-refractivity contribution is 5.87. The fourth-order valence-electron chi connectivity index (χ4n) is 1.50. The summed E-state index contributed by atoms with van der Waals surface area (Å²) in [6.45, 7) is 0.436. The maximum Gasteiger partial charge on any atom is 0.356 e. The van der Waals surface area contributed by atoms with Crippen LogP contribution in [0.4, 0.5) is 0 Å². The molecule has 6 nitrogen and oxygen atoms in total. The molecule has 0 atom stereocenters. The largest absolute Gasteiger partial charge is 0.464 e. The molecule has 6 heteroatoms. The highest BCUT2D eigenvalue weighted by atomic mass is 16.5. The fraction of sp³-hybridized carbons (Fsp3) is 0.167. The summed E-state index contributed by atoms with van der Waals surface area (Å²) >= 11 is 0. The van der Waals surface area contributed by atoms with E-state index >= 15 is 0 Å². The van der Waals surface area contributed by atoms with E-state index in [-0.39, 0.29) is 5.69 Å². The Hall–Kier alpha value is -2.50. The van der Waals surface area contributed by atoms with Crippen molar-refractivity contribution >= 4 is 12.3 Å². The molecule has 0 spiro atoms. The highest BCUT2D eigenvalue weighted by Crippen LogP contribution is 2.04. The molecule has 0 aliphatic carbocycles. The molecule has 0 aromatic carbocycles. The van der Waals surface area contributed by atoms with E-state index in [1.165, 1.54) is 13.4 Å². The van der Waals surface area contributed by atoms with E-state index in [1.807, 2.05) is 0 Å². The van der Waals surface area contributed by atoms with Crippen molar-refractivity contribution in [2.45, 2.75) is 6.54 Å². The molecule has 0 amide bonds. The summed E-state index contributed by atoms with van der Waals surface area (Å²) in [7, 11) is 1.31. The molecule has 2 aromatic heterocycles. The molecule has 0 aliphatic heterocycles. The number of imidazole rings is 1. The normalized spacial score (nSPS) is 10.1. The number of hydrogen-bond acceptors (Lipinski definition) is 5. The lowest BCUT2D eigenvalue weighted by molar-refractivity contribution is 0.0593. The van der Waals surface area contributed by atoms with E-state index < -0.39 is 5.97 Å². The Labute approximate surface area is 103 Å². The average molecular weight is 245 g/mol. The second kappa shape index (κ2) is 5.22. The van der Waals surface area contributed by atoms with Crippen molar-refractivity contribution in [1.82, 2.24) is 14.5 Å². The van der Waals surface area contributed by atoms with Gasteiger partial charge in [-0.1, -0.05) is 6.07 Å². The number of methoxy groups -OCH3 is 1. The Balaban J connectivity index is 2.18. The van der Waals surface area contributed by atoms with Crippen LogP contribution < -0.4 is 0 Å². The summed E-state index contributed by atoms with van der Waals surface area (Å²) in [6, 6.07) is 5.10. The number of rotatable bonds is 4. The molecule has 0 saturated heterocycles. The zero-order valence-corrected chi connectivity index (χ0v) is 9.74. The molecular formula is C12H11N3O3. The number of pyridine rings is 1. The number of ether oxygens (including phenoxy) is 1. The molecule has 2 aromatic rings. The quantitative estimate of drug-likeness (QED) is 0.591. The first-order valence-electron chi connectivity index (χ1n) is 5.24. The lowest BCUT2D eigenvalue weighted by Gasteiger charge is -2.03. The van der Waals surface area contributed by atoms with Crippen LogP contribution in [0.15, 0.2) is 30.7 Å². The van der Waals surface area contributed by atoms with E-state index in [0.717, 1.165) is 0 Å². The first-order chi connectivity index (χ1) is 8.72. The fourth-order valence-corrected chi connectivity index (χ4v) is 1.50. The lowest BCUT2D eigenvalue weighted by atomic mass is 10.3. The van der Waals surface area contributed by atoms with Crippen LogP contribution in [0.25, 0.3) is 0 Å². The minimum absolute atomic E-state index is 0.255. The molecule has 0 unspecified atom stereocenters. The van der Waals surface area contributed by atoms with Crippen molar-refractivity contribution in [3.63, 3.8) is 0 Å². The van der Waals surface area contributed by atoms with Crippen LogP contribution in [0, 0.1) is 0 Å². The zero-order valence-electron chi connectivity index (χ0n) is 9.74. The Kier molecular flexibility index (Phi) is 3.47. The number of nitrogens with zero attached hydrogens (tertiary/aromatic N) is 3. The summed E-state index contributed by atoms with van der Waals surface area (Å²) < 4.78 is 6.31. The van der Waals surface area contributed by atoms with Crippen molar-refractivity contribution in [3.05, 3.63) is 47.8 Å². The predicted molar refractivity (Wildman–Crippen MR) is 62.3 cm³/mol. The topological polar surface area (TPSA) is 74.1 Å². The van der Waals surface area contributed by atoms with E-state index in [0.29, 0.717) is 24.2 Å². The van der Waals surface area contributed by atoms with Gasteiger partial charge in [0.25, 0.3) is 0 Å². The Morgan fingerprint density at radius 3 is 3.00 bits per heavy atom. The van der Waals surface area contributed by atoms with Crippen LogP contribution in [0.3, 0.4) is 0 Å². The van der Waals surface area contributed by atoms with Gasteiger partial charge in [0.15, 0.2) is 6.29 Å². The molecule has 0 saturated carbocycles. The van der Waals surface area contributed by atoms with Gasteiger partial charge in [-0.2, -0.15) is 0 Å². The molecular weight excluding hydrogens is 234 g/mol. The van der Waals surface area contributed by atoms with Gasteiger partial charge in [0.2, 0.25) is 0 Å². The summed E-state index contributed by atoms with van der Waals surface area (Å²) in [5.41, 5.74) is 1.30. The van der Waals surface area contributed by atoms with Crippen molar-refractivity contribution in [2.24, 2.45) is 0 Å². The number of aromatic nitrogens is 3. The maximum absolute atomic E-state index is 11.3. The Morgan fingerprint density at radius 1 is 1.50 bits per heavy atom. The molecule has 0 radical (unpaired) electrons. The molecule has 0 aliphatic rings. The number of aldehydes is 1. The minimum Gasteiger partial charge on any atom is -0.464 e. The van der Waals surface area contributed by atoms with Crippen LogP contribution in [-0.4, -0.2) is 33.9 Å². The summed E-state index contributed by atoms with van der Waals surface area (Å²) in [4.78, 5) is 29.9. The lowest BCUT2D eigenvalue weighted by Crippen LogP contribution is -2.07. The third-order valence-electron chi connectivity index (χ3n) is 2.32. The smallest absolute Gasteiger partial charge is 0.356 e. The van der Waals surface area contributed by atoms with Gasteiger partial charge in [0, 0.05) is 6.20 Å². The van der Waals surface area contributed by atoms with E-state index in [2.05, 4.69) is 14.7 Å². The second-order valence-corrected chi connectivity index (χ2v) is 3.59. The van der Waals surface area contributed by atoms with Crippen LogP contribution >= 0.6 is 0 Å². The van der Waals surface area contributed by atoms with Crippen molar-refractivity contribution in [1.29, 1.82) is 0 Å². The van der Waals surface area contributed by atoms with Gasteiger partial charge < -0.3 is 9.30 Å². The molecule has 0 bridgehead atoms. The van der Waals surface area contributed by atoms with Crippen LogP contribution in [-0.2, 0) is 11.3 Å². The molecule has 92 valence electrons. The molecule has 0 fully saturated rings. The monoisotopic (exact) mass is 245 g/mol. The van der Waals surface area contributed by atoms with Crippen molar-refractivity contribution in [3.8, 4) is 0 Å². The second-order valence-electron chi connectivity index (χ2n) is 3.59. The first-order valence-corrected chi connectivity index (χ1v) is 5.24. The third kappa shape index (κ3) is 2.60. The van der Waals surface area contributed by atoms with E-state index in [4.69, 9.17) is 0 Å². The van der Waals surface area contributed by atoms with Crippen molar-refractivity contribution < 1.29 is 14.3 Å². The van der Waals surface area contributed by atoms with Gasteiger partial charge in [-0.3, -0.25) is 4.79 Å². The zero-order chi connectivity index (χ0) is 13.0. The van der Waals surface area contributed by atoms with E-state index in [1.54, 1.807) is 29.0 Å². The van der Waals surface area contributed by atoms with Gasteiger partial charge in [-0.25, -0.2) is 14.8 Å². The van der Waals surface area contributed by atoms with Gasteiger partial charge in [0.05, 0.1) is 25.7 Å². The van der Waals surface area contributed by atoms with Crippen LogP contribution in [0.2, 0.25) is 0 Å². The molecule has 2 heterocycles. The van der Waals surface area contributed by atoms with Crippen molar-refractivity contribution in [2.75, 3.05) is 7.11 Å². The van der Waals surface area contributed by atoms with Gasteiger partial charge in [0.1, 0.15) is 11.4 Å². The number of carbonyl (C=O) groups is 2. The van der Waals surface area contributed by atoms with Crippen LogP contribution in [0.5, 0.6) is 0 Å². The Morgan fingerprint density at radius 2 is 2.33 bits per heavy atom. The Bertz CT molecular complexity index is 577. The average Bonchev–Trinajstić information content (AvgIpc) is 2.86. The number of carbonyl (C=O) groups excluding carboxylic acids is 2. The van der Waals surface area contributed by atoms with Gasteiger partial charge >= 0.3 is 5.97 Å². The third-order valence-corrected chi connectivity index (χ3v) is 2.32. The van der Waals surface area contributed by atoms with E-state index in [9.17, 15) is 9.59 Å². The van der Waals surface area contributed by atoms with Gasteiger partial charge in [-0.05, 0) is 12.1 Å². The minimum atomic E-state index is -0.476. The standard InChI is InChI=1S/C12H11N3O3/c1-18-12(17)11-4-2-3-9(14-11)5-15-6-10(7-16)13-8-15/h2-4,6-8H,5H2,1H3. The van der Waals surface area contributed by atoms with Crippen LogP contribution in [0.1, 0.15) is 26.7 Å². The summed E-state index contributed by atoms with van der Waals surface area (Å²) in [5, 5.41) is 0.